The Balaban J connectivity index is 2.30. The van der Waals surface area contributed by atoms with Gasteiger partial charge in [0.15, 0.2) is 0 Å². The predicted octanol–water partition coefficient (Wildman–Crippen LogP) is 1.70. The molecule has 5 nitrogen and oxygen atoms in total. The van der Waals surface area contributed by atoms with E-state index in [1.807, 2.05) is 30.3 Å². The van der Waals surface area contributed by atoms with Crippen LogP contribution in [0.5, 0.6) is 5.88 Å². The largest absolute Gasteiger partial charge is 0.493 e. The summed E-state index contributed by atoms with van der Waals surface area (Å²) < 4.78 is 1.33. The van der Waals surface area contributed by atoms with Crippen molar-refractivity contribution < 1.29 is 5.11 Å². The van der Waals surface area contributed by atoms with Gasteiger partial charge < -0.3 is 10.1 Å². The minimum absolute atomic E-state index is 0.129. The molecule has 0 bridgehead atoms. The second kappa shape index (κ2) is 3.73. The molecular weight excluding hydrogens is 230 g/mol. The first-order valence-corrected chi connectivity index (χ1v) is 5.54. The standard InChI is InChI=1S/C13H11N3O2/c1-8-12(17)14-11-7-10(15-16(11)13(8)18)9-5-3-2-4-6-9/h2-7,18H,1H3,(H,14,17). The van der Waals surface area contributed by atoms with Gasteiger partial charge in [-0.3, -0.25) is 4.79 Å². The zero-order chi connectivity index (χ0) is 12.7. The van der Waals surface area contributed by atoms with Gasteiger partial charge >= 0.3 is 0 Å². The summed E-state index contributed by atoms with van der Waals surface area (Å²) in [7, 11) is 0. The molecule has 0 radical (unpaired) electrons. The molecule has 2 heterocycles. The minimum Gasteiger partial charge on any atom is -0.493 e. The minimum atomic E-state index is -0.306. The fourth-order valence-corrected chi connectivity index (χ4v) is 1.85. The number of hydrogen-bond acceptors (Lipinski definition) is 3. The number of rotatable bonds is 1. The molecule has 5 heteroatoms. The van der Waals surface area contributed by atoms with E-state index in [0.29, 0.717) is 11.3 Å². The number of hydrogen-bond donors (Lipinski definition) is 2. The van der Waals surface area contributed by atoms with Gasteiger partial charge in [0.2, 0.25) is 5.88 Å². The van der Waals surface area contributed by atoms with Crippen LogP contribution >= 0.6 is 0 Å². The fraction of sp³-hybridized carbons (Fsp3) is 0.0769. The maximum Gasteiger partial charge on any atom is 0.257 e. The summed E-state index contributed by atoms with van der Waals surface area (Å²) in [5, 5.41) is 14.2. The number of nitrogens with one attached hydrogen (secondary N) is 1. The van der Waals surface area contributed by atoms with E-state index in [0.717, 1.165) is 5.56 Å². The summed E-state index contributed by atoms with van der Waals surface area (Å²) in [5.74, 6) is -0.129. The Hall–Kier alpha value is -2.56. The topological polar surface area (TPSA) is 70.4 Å². The smallest absolute Gasteiger partial charge is 0.257 e. The predicted molar refractivity (Wildman–Crippen MR) is 67.7 cm³/mol. The molecule has 18 heavy (non-hydrogen) atoms. The van der Waals surface area contributed by atoms with Crippen molar-refractivity contribution in [1.82, 2.24) is 14.6 Å². The van der Waals surface area contributed by atoms with Crippen LogP contribution in [0.15, 0.2) is 41.2 Å². The van der Waals surface area contributed by atoms with E-state index in [4.69, 9.17) is 0 Å². The van der Waals surface area contributed by atoms with Gasteiger partial charge in [-0.1, -0.05) is 30.3 Å². The van der Waals surface area contributed by atoms with Crippen LogP contribution in [0, 0.1) is 6.92 Å². The lowest BCUT2D eigenvalue weighted by Crippen LogP contribution is -2.12. The van der Waals surface area contributed by atoms with Crippen LogP contribution in [0.25, 0.3) is 16.9 Å². The Morgan fingerprint density at radius 1 is 1.28 bits per heavy atom. The second-order valence-corrected chi connectivity index (χ2v) is 4.10. The van der Waals surface area contributed by atoms with E-state index >= 15 is 0 Å². The third-order valence-electron chi connectivity index (χ3n) is 2.90. The molecule has 0 unspecified atom stereocenters. The maximum atomic E-state index is 11.5. The van der Waals surface area contributed by atoms with Gasteiger partial charge in [-0.05, 0) is 6.92 Å². The van der Waals surface area contributed by atoms with Gasteiger partial charge in [-0.15, -0.1) is 0 Å². The normalized spacial score (nSPS) is 10.9. The summed E-state index contributed by atoms with van der Waals surface area (Å²) in [4.78, 5) is 14.2. The zero-order valence-electron chi connectivity index (χ0n) is 9.71. The monoisotopic (exact) mass is 241 g/mol. The van der Waals surface area contributed by atoms with Gasteiger partial charge in [0.25, 0.3) is 5.56 Å². The third-order valence-corrected chi connectivity index (χ3v) is 2.90. The molecule has 3 aromatic rings. The van der Waals surface area contributed by atoms with Gasteiger partial charge in [0, 0.05) is 11.6 Å². The highest BCUT2D eigenvalue weighted by molar-refractivity contribution is 5.64. The summed E-state index contributed by atoms with van der Waals surface area (Å²) in [5.41, 5.74) is 2.05. The lowest BCUT2D eigenvalue weighted by atomic mass is 10.2. The van der Waals surface area contributed by atoms with Crippen LogP contribution < -0.4 is 5.56 Å². The Kier molecular flexibility index (Phi) is 2.19. The van der Waals surface area contributed by atoms with Crippen molar-refractivity contribution in [1.29, 1.82) is 0 Å². The molecular formula is C13H11N3O2. The number of aromatic amines is 1. The molecule has 0 saturated heterocycles. The summed E-state index contributed by atoms with van der Waals surface area (Å²) in [6.07, 6.45) is 0. The molecule has 0 atom stereocenters. The first kappa shape index (κ1) is 10.6. The number of aromatic nitrogens is 3. The van der Waals surface area contributed by atoms with Crippen molar-refractivity contribution in [2.75, 3.05) is 0 Å². The molecule has 3 rings (SSSR count). The Morgan fingerprint density at radius 2 is 2.00 bits per heavy atom. The van der Waals surface area contributed by atoms with Crippen molar-refractivity contribution in [3.05, 3.63) is 52.3 Å². The molecule has 2 aromatic heterocycles. The number of benzene rings is 1. The molecule has 0 aliphatic carbocycles. The molecule has 0 spiro atoms. The van der Waals surface area contributed by atoms with Gasteiger partial charge in [0.1, 0.15) is 5.65 Å². The van der Waals surface area contributed by atoms with Gasteiger partial charge in [0.05, 0.1) is 11.3 Å². The SMILES string of the molecule is Cc1c(O)n2nc(-c3ccccc3)cc2[nH]c1=O. The van der Waals surface area contributed by atoms with Crippen LogP contribution in [-0.4, -0.2) is 19.7 Å². The highest BCUT2D eigenvalue weighted by atomic mass is 16.3. The highest BCUT2D eigenvalue weighted by Crippen LogP contribution is 2.21. The van der Waals surface area contributed by atoms with Crippen LogP contribution in [-0.2, 0) is 0 Å². The summed E-state index contributed by atoms with van der Waals surface area (Å²) >= 11 is 0. The highest BCUT2D eigenvalue weighted by Gasteiger charge is 2.11. The molecule has 0 aliphatic rings. The van der Waals surface area contributed by atoms with E-state index in [1.165, 1.54) is 4.52 Å². The average Bonchev–Trinajstić information content (AvgIpc) is 2.81. The number of nitrogens with zero attached hydrogens (tertiary/aromatic N) is 2. The Bertz CT molecular complexity index is 772. The molecule has 1 aromatic carbocycles. The quantitative estimate of drug-likeness (QED) is 0.681. The number of fused-ring (bicyclic) bond motifs is 1. The van der Waals surface area contributed by atoms with E-state index in [9.17, 15) is 9.90 Å². The lowest BCUT2D eigenvalue weighted by Gasteiger charge is -1.99. The zero-order valence-corrected chi connectivity index (χ0v) is 9.71. The van der Waals surface area contributed by atoms with E-state index in [-0.39, 0.29) is 17.0 Å². The molecule has 0 fully saturated rings. The van der Waals surface area contributed by atoms with Crippen LogP contribution in [0.4, 0.5) is 0 Å². The van der Waals surface area contributed by atoms with Crippen molar-refractivity contribution >= 4 is 5.65 Å². The van der Waals surface area contributed by atoms with Gasteiger partial charge in [-0.2, -0.15) is 9.61 Å². The van der Waals surface area contributed by atoms with E-state index in [2.05, 4.69) is 10.1 Å². The average molecular weight is 241 g/mol. The molecule has 0 amide bonds. The summed E-state index contributed by atoms with van der Waals surface area (Å²) in [6, 6.07) is 11.3. The van der Waals surface area contributed by atoms with Crippen LogP contribution in [0.3, 0.4) is 0 Å². The van der Waals surface area contributed by atoms with Gasteiger partial charge in [-0.25, -0.2) is 0 Å². The third kappa shape index (κ3) is 1.48. The van der Waals surface area contributed by atoms with Crippen molar-refractivity contribution in [3.63, 3.8) is 0 Å². The maximum absolute atomic E-state index is 11.5. The van der Waals surface area contributed by atoms with Crippen molar-refractivity contribution in [2.45, 2.75) is 6.92 Å². The van der Waals surface area contributed by atoms with Crippen LogP contribution in [0.1, 0.15) is 5.56 Å². The van der Waals surface area contributed by atoms with E-state index < -0.39 is 0 Å². The van der Waals surface area contributed by atoms with Crippen molar-refractivity contribution in [2.24, 2.45) is 0 Å². The second-order valence-electron chi connectivity index (χ2n) is 4.10. The number of H-pyrrole nitrogens is 1. The molecule has 90 valence electrons. The number of aromatic hydroxyl groups is 1. The first-order valence-electron chi connectivity index (χ1n) is 5.54. The summed E-state index contributed by atoms with van der Waals surface area (Å²) in [6.45, 7) is 1.55. The fourth-order valence-electron chi connectivity index (χ4n) is 1.85. The Labute approximate surface area is 102 Å². The first-order chi connectivity index (χ1) is 8.66. The van der Waals surface area contributed by atoms with E-state index in [1.54, 1.807) is 13.0 Å². The molecule has 0 aliphatic heterocycles. The molecule has 2 N–H and O–H groups in total. The Morgan fingerprint density at radius 3 is 2.72 bits per heavy atom. The van der Waals surface area contributed by atoms with Crippen molar-refractivity contribution in [3.8, 4) is 17.1 Å². The lowest BCUT2D eigenvalue weighted by molar-refractivity contribution is 0.430. The van der Waals surface area contributed by atoms with Crippen LogP contribution in [0.2, 0.25) is 0 Å². The molecule has 0 saturated carbocycles.